The average molecular weight is 405 g/mol. The second kappa shape index (κ2) is 6.96. The molecule has 2 heterocycles. The molecule has 1 aromatic heterocycles. The molecule has 1 amide bonds. The Bertz CT molecular complexity index is 1120. The molecule has 138 valence electrons. The minimum atomic E-state index is -0.0357. The fraction of sp³-hybridized carbons (Fsp3) is 0.0909. The van der Waals surface area contributed by atoms with Gasteiger partial charge in [-0.2, -0.15) is 0 Å². The van der Waals surface area contributed by atoms with Gasteiger partial charge in [-0.25, -0.2) is 4.98 Å². The molecule has 3 aromatic carbocycles. The number of phenols is 1. The van der Waals surface area contributed by atoms with E-state index in [1.807, 2.05) is 59.5 Å². The summed E-state index contributed by atoms with van der Waals surface area (Å²) in [4.78, 5) is 19.1. The van der Waals surface area contributed by atoms with Gasteiger partial charge in [-0.1, -0.05) is 36.0 Å². The number of carbonyl (C=O) groups is 1. The summed E-state index contributed by atoms with van der Waals surface area (Å²) in [7, 11) is 0. The summed E-state index contributed by atoms with van der Waals surface area (Å²) in [6.07, 6.45) is 0. The number of aromatic hydroxyl groups is 1. The Kier molecular flexibility index (Phi) is 4.30. The number of fused-ring (bicyclic) bond motifs is 1. The van der Waals surface area contributed by atoms with Crippen molar-refractivity contribution in [1.82, 2.24) is 4.98 Å². The van der Waals surface area contributed by atoms with E-state index in [4.69, 9.17) is 4.98 Å². The topological polar surface area (TPSA) is 53.4 Å². The first kappa shape index (κ1) is 17.3. The summed E-state index contributed by atoms with van der Waals surface area (Å²) in [5.74, 6) is 0.927. The van der Waals surface area contributed by atoms with Crippen molar-refractivity contribution in [2.45, 2.75) is 6.04 Å². The number of thiazole rings is 1. The number of hydrogen-bond acceptors (Lipinski definition) is 5. The van der Waals surface area contributed by atoms with Crippen LogP contribution >= 0.6 is 23.1 Å². The molecule has 1 unspecified atom stereocenters. The van der Waals surface area contributed by atoms with E-state index in [-0.39, 0.29) is 17.0 Å². The number of benzene rings is 3. The smallest absolute Gasteiger partial charge is 0.286 e. The van der Waals surface area contributed by atoms with E-state index in [0.717, 1.165) is 27.3 Å². The molecule has 0 saturated carbocycles. The van der Waals surface area contributed by atoms with Crippen LogP contribution in [0.2, 0.25) is 0 Å². The molecular formula is C22H16N2O2S2. The van der Waals surface area contributed by atoms with Gasteiger partial charge < -0.3 is 5.11 Å². The van der Waals surface area contributed by atoms with E-state index >= 15 is 0 Å². The summed E-state index contributed by atoms with van der Waals surface area (Å²) in [6.45, 7) is 0. The molecule has 4 aromatic rings. The molecular weight excluding hydrogens is 388 g/mol. The number of nitrogens with zero attached hydrogens (tertiary/aromatic N) is 2. The van der Waals surface area contributed by atoms with Crippen molar-refractivity contribution in [1.29, 1.82) is 0 Å². The Morgan fingerprint density at radius 2 is 1.71 bits per heavy atom. The number of para-hydroxylation sites is 1. The number of thioether (sulfide) groups is 1. The number of amides is 1. The van der Waals surface area contributed by atoms with Gasteiger partial charge >= 0.3 is 0 Å². The van der Waals surface area contributed by atoms with Gasteiger partial charge in [0.2, 0.25) is 0 Å². The fourth-order valence-electron chi connectivity index (χ4n) is 3.41. The zero-order valence-corrected chi connectivity index (χ0v) is 16.4. The third-order valence-corrected chi connectivity index (χ3v) is 6.85. The number of carbonyl (C=O) groups excluding carboxylic acids is 1. The van der Waals surface area contributed by atoms with Crippen molar-refractivity contribution >= 4 is 44.2 Å². The molecule has 0 radical (unpaired) electrons. The summed E-state index contributed by atoms with van der Waals surface area (Å²) >= 11 is 2.99. The lowest BCUT2D eigenvalue weighted by atomic mass is 10.1. The van der Waals surface area contributed by atoms with Gasteiger partial charge in [-0.15, -0.1) is 11.3 Å². The van der Waals surface area contributed by atoms with Crippen molar-refractivity contribution in [2.24, 2.45) is 0 Å². The van der Waals surface area contributed by atoms with E-state index in [0.29, 0.717) is 5.75 Å². The molecule has 1 aliphatic heterocycles. The van der Waals surface area contributed by atoms with Gasteiger partial charge in [0.25, 0.3) is 5.24 Å². The van der Waals surface area contributed by atoms with Crippen molar-refractivity contribution < 1.29 is 9.90 Å². The highest BCUT2D eigenvalue weighted by molar-refractivity contribution is 8.14. The van der Waals surface area contributed by atoms with Crippen molar-refractivity contribution in [2.75, 3.05) is 10.7 Å². The van der Waals surface area contributed by atoms with Gasteiger partial charge in [0.15, 0.2) is 0 Å². The Balaban J connectivity index is 1.46. The van der Waals surface area contributed by atoms with Gasteiger partial charge in [0.1, 0.15) is 10.8 Å². The normalized spacial score (nSPS) is 16.8. The van der Waals surface area contributed by atoms with Crippen molar-refractivity contribution in [3.63, 3.8) is 0 Å². The molecule has 28 heavy (non-hydrogen) atoms. The monoisotopic (exact) mass is 404 g/mol. The quantitative estimate of drug-likeness (QED) is 0.449. The standard InChI is InChI=1S/C22H16N2O2S2/c25-17-11-7-14(8-12-17)19-13-27-22(26)24(19)16-9-5-15(6-10-16)21-23-18-3-1-2-4-20(18)28-21/h1-12,19,25H,13H2. The van der Waals surface area contributed by atoms with Crippen LogP contribution in [0.25, 0.3) is 20.8 Å². The molecule has 1 fully saturated rings. The first-order valence-corrected chi connectivity index (χ1v) is 10.7. The molecule has 1 atom stereocenters. The van der Waals surface area contributed by atoms with Gasteiger partial charge in [0.05, 0.1) is 16.3 Å². The molecule has 0 spiro atoms. The maximum absolute atomic E-state index is 12.5. The van der Waals surface area contributed by atoms with Crippen LogP contribution in [0.15, 0.2) is 72.8 Å². The zero-order chi connectivity index (χ0) is 19.1. The highest BCUT2D eigenvalue weighted by atomic mass is 32.2. The number of hydrogen-bond donors (Lipinski definition) is 1. The van der Waals surface area contributed by atoms with Crippen molar-refractivity contribution in [3.8, 4) is 16.3 Å². The fourth-order valence-corrected chi connectivity index (χ4v) is 5.39. The van der Waals surface area contributed by atoms with Crippen molar-refractivity contribution in [3.05, 3.63) is 78.4 Å². The minimum Gasteiger partial charge on any atom is -0.508 e. The number of anilines is 1. The van der Waals surface area contributed by atoms with Crippen LogP contribution in [0.3, 0.4) is 0 Å². The average Bonchev–Trinajstić information content (AvgIpc) is 3.32. The van der Waals surface area contributed by atoms with Crippen LogP contribution in [0, 0.1) is 0 Å². The number of aromatic nitrogens is 1. The van der Waals surface area contributed by atoms with Gasteiger partial charge in [0, 0.05) is 17.0 Å². The van der Waals surface area contributed by atoms with Crippen LogP contribution in [0.5, 0.6) is 5.75 Å². The molecule has 5 rings (SSSR count). The molecule has 1 saturated heterocycles. The van der Waals surface area contributed by atoms with E-state index in [1.165, 1.54) is 16.5 Å². The lowest BCUT2D eigenvalue weighted by Gasteiger charge is -2.24. The first-order valence-electron chi connectivity index (χ1n) is 8.90. The third-order valence-electron chi connectivity index (χ3n) is 4.84. The van der Waals surface area contributed by atoms with E-state index in [9.17, 15) is 9.90 Å². The zero-order valence-electron chi connectivity index (χ0n) is 14.8. The van der Waals surface area contributed by atoms with Crippen LogP contribution < -0.4 is 4.90 Å². The van der Waals surface area contributed by atoms with Crippen LogP contribution in [-0.4, -0.2) is 21.1 Å². The molecule has 0 aliphatic carbocycles. The summed E-state index contributed by atoms with van der Waals surface area (Å²) in [6, 6.07) is 23.2. The van der Waals surface area contributed by atoms with Crippen LogP contribution in [0.4, 0.5) is 10.5 Å². The lowest BCUT2D eigenvalue weighted by molar-refractivity contribution is 0.265. The van der Waals surface area contributed by atoms with Crippen LogP contribution in [0.1, 0.15) is 11.6 Å². The first-order chi connectivity index (χ1) is 13.7. The van der Waals surface area contributed by atoms with E-state index in [1.54, 1.807) is 23.5 Å². The minimum absolute atomic E-state index is 0.0357. The highest BCUT2D eigenvalue weighted by Crippen LogP contribution is 2.40. The SMILES string of the molecule is O=C1SCC(c2ccc(O)cc2)N1c1ccc(-c2nc3ccccc3s2)cc1. The molecule has 1 aliphatic rings. The number of rotatable bonds is 3. The Hall–Kier alpha value is -2.83. The Morgan fingerprint density at radius 3 is 2.46 bits per heavy atom. The maximum atomic E-state index is 12.5. The molecule has 1 N–H and O–H groups in total. The third kappa shape index (κ3) is 3.04. The van der Waals surface area contributed by atoms with Gasteiger partial charge in [-0.3, -0.25) is 9.69 Å². The Labute approximate surface area is 170 Å². The highest BCUT2D eigenvalue weighted by Gasteiger charge is 2.34. The molecule has 0 bridgehead atoms. The summed E-state index contributed by atoms with van der Waals surface area (Å²) < 4.78 is 1.17. The second-order valence-electron chi connectivity index (χ2n) is 6.59. The lowest BCUT2D eigenvalue weighted by Crippen LogP contribution is -2.26. The number of phenolic OH excluding ortho intramolecular Hbond substituents is 1. The second-order valence-corrected chi connectivity index (χ2v) is 8.59. The largest absolute Gasteiger partial charge is 0.508 e. The summed E-state index contributed by atoms with van der Waals surface area (Å²) in [5.41, 5.74) is 3.94. The Morgan fingerprint density at radius 1 is 0.964 bits per heavy atom. The molecule has 6 heteroatoms. The van der Waals surface area contributed by atoms with Gasteiger partial charge in [-0.05, 0) is 54.1 Å². The van der Waals surface area contributed by atoms with Crippen LogP contribution in [-0.2, 0) is 0 Å². The molecule has 4 nitrogen and oxygen atoms in total. The predicted octanol–water partition coefficient (Wildman–Crippen LogP) is 6.08. The predicted molar refractivity (Wildman–Crippen MR) is 116 cm³/mol. The van der Waals surface area contributed by atoms with E-state index < -0.39 is 0 Å². The van der Waals surface area contributed by atoms with E-state index in [2.05, 4.69) is 6.07 Å². The summed E-state index contributed by atoms with van der Waals surface area (Å²) in [5, 5.41) is 10.6. The maximum Gasteiger partial charge on any atom is 0.286 e.